The Morgan fingerprint density at radius 2 is 1.67 bits per heavy atom. The zero-order valence-corrected chi connectivity index (χ0v) is 13.2. The second-order valence-electron chi connectivity index (χ2n) is 5.19. The van der Waals surface area contributed by atoms with Gasteiger partial charge < -0.3 is 5.32 Å². The highest BCUT2D eigenvalue weighted by atomic mass is 16.1. The molecule has 0 radical (unpaired) electrons. The minimum atomic E-state index is -0.296. The first-order valence-corrected chi connectivity index (χ1v) is 7.48. The SMILES string of the molecule is Cc1cnc(C(=O)Nc2cccc(C#Cc3ccccc3)c2)cn1. The van der Waals surface area contributed by atoms with Crippen LogP contribution in [0.15, 0.2) is 67.0 Å². The maximum Gasteiger partial charge on any atom is 0.275 e. The van der Waals surface area contributed by atoms with Gasteiger partial charge in [-0.3, -0.25) is 9.78 Å². The summed E-state index contributed by atoms with van der Waals surface area (Å²) in [6, 6.07) is 17.1. The number of carbonyl (C=O) groups excluding carboxylic acids is 1. The molecule has 0 aliphatic heterocycles. The predicted molar refractivity (Wildman–Crippen MR) is 93.6 cm³/mol. The number of hydrogen-bond acceptors (Lipinski definition) is 3. The first kappa shape index (κ1) is 15.4. The molecule has 4 nitrogen and oxygen atoms in total. The van der Waals surface area contributed by atoms with Gasteiger partial charge in [0.2, 0.25) is 0 Å². The van der Waals surface area contributed by atoms with Crippen molar-refractivity contribution in [1.29, 1.82) is 0 Å². The second kappa shape index (κ2) is 7.21. The number of nitrogens with zero attached hydrogens (tertiary/aromatic N) is 2. The molecule has 1 heterocycles. The lowest BCUT2D eigenvalue weighted by Gasteiger charge is -2.05. The van der Waals surface area contributed by atoms with E-state index in [0.717, 1.165) is 16.8 Å². The fourth-order valence-corrected chi connectivity index (χ4v) is 2.05. The molecule has 116 valence electrons. The fourth-order valence-electron chi connectivity index (χ4n) is 2.05. The normalized spacial score (nSPS) is 9.71. The van der Waals surface area contributed by atoms with Gasteiger partial charge in [0.25, 0.3) is 5.91 Å². The maximum atomic E-state index is 12.2. The van der Waals surface area contributed by atoms with Crippen LogP contribution in [0.5, 0.6) is 0 Å². The van der Waals surface area contributed by atoms with E-state index < -0.39 is 0 Å². The molecule has 0 aliphatic carbocycles. The van der Waals surface area contributed by atoms with Crippen LogP contribution in [0.25, 0.3) is 0 Å². The Labute approximate surface area is 140 Å². The van der Waals surface area contributed by atoms with E-state index in [-0.39, 0.29) is 11.6 Å². The molecule has 1 aromatic heterocycles. The highest BCUT2D eigenvalue weighted by Gasteiger charge is 2.07. The molecule has 1 amide bonds. The van der Waals surface area contributed by atoms with Crippen molar-refractivity contribution in [3.05, 3.63) is 89.5 Å². The van der Waals surface area contributed by atoms with Gasteiger partial charge in [0, 0.05) is 23.0 Å². The molecule has 0 aliphatic rings. The van der Waals surface area contributed by atoms with Crippen LogP contribution in [0.1, 0.15) is 27.3 Å². The lowest BCUT2D eigenvalue weighted by Crippen LogP contribution is -2.14. The molecule has 24 heavy (non-hydrogen) atoms. The number of amides is 1. The summed E-state index contributed by atoms with van der Waals surface area (Å²) in [4.78, 5) is 20.3. The zero-order chi connectivity index (χ0) is 16.8. The van der Waals surface area contributed by atoms with E-state index >= 15 is 0 Å². The first-order valence-electron chi connectivity index (χ1n) is 7.48. The minimum absolute atomic E-state index is 0.279. The Balaban J connectivity index is 1.75. The number of carbonyl (C=O) groups is 1. The van der Waals surface area contributed by atoms with Crippen molar-refractivity contribution in [3.8, 4) is 11.8 Å². The van der Waals surface area contributed by atoms with E-state index in [1.54, 1.807) is 6.20 Å². The van der Waals surface area contributed by atoms with E-state index in [1.807, 2.05) is 61.5 Å². The number of hydrogen-bond donors (Lipinski definition) is 1. The van der Waals surface area contributed by atoms with Crippen LogP contribution in [-0.4, -0.2) is 15.9 Å². The van der Waals surface area contributed by atoms with Crippen LogP contribution >= 0.6 is 0 Å². The molecule has 3 aromatic rings. The number of benzene rings is 2. The average molecular weight is 313 g/mol. The molecule has 0 bridgehead atoms. The van der Waals surface area contributed by atoms with Crippen LogP contribution in [0.2, 0.25) is 0 Å². The minimum Gasteiger partial charge on any atom is -0.321 e. The molecule has 2 aromatic carbocycles. The van der Waals surface area contributed by atoms with Gasteiger partial charge in [-0.1, -0.05) is 36.1 Å². The third-order valence-corrected chi connectivity index (χ3v) is 3.26. The van der Waals surface area contributed by atoms with Crippen molar-refractivity contribution < 1.29 is 4.79 Å². The molecule has 0 atom stereocenters. The maximum absolute atomic E-state index is 12.2. The van der Waals surface area contributed by atoms with Gasteiger partial charge >= 0.3 is 0 Å². The second-order valence-corrected chi connectivity index (χ2v) is 5.19. The van der Waals surface area contributed by atoms with Crippen molar-refractivity contribution in [3.63, 3.8) is 0 Å². The smallest absolute Gasteiger partial charge is 0.275 e. The first-order chi connectivity index (χ1) is 11.7. The quantitative estimate of drug-likeness (QED) is 0.737. The summed E-state index contributed by atoms with van der Waals surface area (Å²) >= 11 is 0. The van der Waals surface area contributed by atoms with E-state index in [4.69, 9.17) is 0 Å². The van der Waals surface area contributed by atoms with Crippen LogP contribution < -0.4 is 5.32 Å². The summed E-state index contributed by atoms with van der Waals surface area (Å²) in [5.74, 6) is 5.89. The van der Waals surface area contributed by atoms with Gasteiger partial charge in [-0.05, 0) is 37.3 Å². The Bertz CT molecular complexity index is 907. The third kappa shape index (κ3) is 4.05. The van der Waals surface area contributed by atoms with E-state index in [2.05, 4.69) is 27.1 Å². The number of nitrogens with one attached hydrogen (secondary N) is 1. The fraction of sp³-hybridized carbons (Fsp3) is 0.0500. The number of anilines is 1. The van der Waals surface area contributed by atoms with E-state index in [0.29, 0.717) is 5.69 Å². The van der Waals surface area contributed by atoms with Crippen LogP contribution in [0.3, 0.4) is 0 Å². The van der Waals surface area contributed by atoms with Gasteiger partial charge in [-0.25, -0.2) is 4.98 Å². The molecular weight excluding hydrogens is 298 g/mol. The summed E-state index contributed by atoms with van der Waals surface area (Å²) in [5.41, 5.74) is 3.49. The molecule has 1 N–H and O–H groups in total. The Hall–Kier alpha value is -3.45. The highest BCUT2D eigenvalue weighted by Crippen LogP contribution is 2.11. The van der Waals surface area contributed by atoms with E-state index in [1.165, 1.54) is 6.20 Å². The molecule has 4 heteroatoms. The van der Waals surface area contributed by atoms with Crippen molar-refractivity contribution in [1.82, 2.24) is 9.97 Å². The Kier molecular flexibility index (Phi) is 4.64. The summed E-state index contributed by atoms with van der Waals surface area (Å²) in [5, 5.41) is 2.81. The number of aromatic nitrogens is 2. The topological polar surface area (TPSA) is 54.9 Å². The number of aryl methyl sites for hydroxylation is 1. The third-order valence-electron chi connectivity index (χ3n) is 3.26. The van der Waals surface area contributed by atoms with Gasteiger partial charge in [0.1, 0.15) is 5.69 Å². The lowest BCUT2D eigenvalue weighted by molar-refractivity contribution is 0.102. The largest absolute Gasteiger partial charge is 0.321 e. The zero-order valence-electron chi connectivity index (χ0n) is 13.2. The van der Waals surface area contributed by atoms with E-state index in [9.17, 15) is 4.79 Å². The van der Waals surface area contributed by atoms with Gasteiger partial charge in [-0.15, -0.1) is 0 Å². The van der Waals surface area contributed by atoms with Crippen LogP contribution in [0.4, 0.5) is 5.69 Å². The summed E-state index contributed by atoms with van der Waals surface area (Å²) in [6.07, 6.45) is 3.03. The van der Waals surface area contributed by atoms with Crippen molar-refractivity contribution >= 4 is 11.6 Å². The van der Waals surface area contributed by atoms with Gasteiger partial charge in [-0.2, -0.15) is 0 Å². The predicted octanol–water partition coefficient (Wildman–Crippen LogP) is 3.44. The lowest BCUT2D eigenvalue weighted by atomic mass is 10.1. The molecule has 3 rings (SSSR count). The van der Waals surface area contributed by atoms with Gasteiger partial charge in [0.15, 0.2) is 0 Å². The average Bonchev–Trinajstić information content (AvgIpc) is 2.62. The Morgan fingerprint density at radius 1 is 0.917 bits per heavy atom. The number of rotatable bonds is 2. The molecular formula is C20H15N3O. The molecule has 0 saturated heterocycles. The highest BCUT2D eigenvalue weighted by molar-refractivity contribution is 6.02. The standard InChI is InChI=1S/C20H15N3O/c1-15-13-22-19(14-21-15)20(24)23-18-9-5-8-17(12-18)11-10-16-6-3-2-4-7-16/h2-9,12-14H,1H3,(H,23,24). The summed E-state index contributed by atoms with van der Waals surface area (Å²) < 4.78 is 0. The monoisotopic (exact) mass is 313 g/mol. The van der Waals surface area contributed by atoms with Crippen LogP contribution in [0, 0.1) is 18.8 Å². The van der Waals surface area contributed by atoms with Crippen LogP contribution in [-0.2, 0) is 0 Å². The van der Waals surface area contributed by atoms with Crippen molar-refractivity contribution in [2.24, 2.45) is 0 Å². The Morgan fingerprint density at radius 3 is 2.42 bits per heavy atom. The molecule has 0 fully saturated rings. The summed E-state index contributed by atoms with van der Waals surface area (Å²) in [7, 11) is 0. The van der Waals surface area contributed by atoms with Gasteiger partial charge in [0.05, 0.1) is 11.9 Å². The molecule has 0 spiro atoms. The van der Waals surface area contributed by atoms with Crippen molar-refractivity contribution in [2.45, 2.75) is 6.92 Å². The summed E-state index contributed by atoms with van der Waals surface area (Å²) in [6.45, 7) is 1.82. The molecule has 0 saturated carbocycles. The van der Waals surface area contributed by atoms with Crippen molar-refractivity contribution in [2.75, 3.05) is 5.32 Å². The molecule has 0 unspecified atom stereocenters.